The quantitative estimate of drug-likeness (QED) is 0.257. The second kappa shape index (κ2) is 12.7. The Kier molecular flexibility index (Phi) is 9.70. The van der Waals surface area contributed by atoms with Gasteiger partial charge in [-0.15, -0.1) is 12.4 Å². The van der Waals surface area contributed by atoms with Crippen LogP contribution in [0.15, 0.2) is 66.7 Å². The molecule has 1 amide bonds. The number of carbonyl (C=O) groups excluding carboxylic acids is 1. The van der Waals surface area contributed by atoms with Gasteiger partial charge in [0, 0.05) is 12.1 Å². The summed E-state index contributed by atoms with van der Waals surface area (Å²) in [5, 5.41) is 0.639. The largest absolute Gasteiger partial charge is 0.495 e. The Balaban J connectivity index is 0.00000361. The highest BCUT2D eigenvalue weighted by Crippen LogP contribution is 2.40. The van der Waals surface area contributed by atoms with Crippen molar-refractivity contribution in [3.63, 3.8) is 0 Å². The van der Waals surface area contributed by atoms with Crippen molar-refractivity contribution < 1.29 is 14.3 Å². The van der Waals surface area contributed by atoms with Crippen LogP contribution in [0.3, 0.4) is 0 Å². The molecular weight excluding hydrogens is 494 g/mol. The highest BCUT2D eigenvalue weighted by molar-refractivity contribution is 7.22. The highest BCUT2D eigenvalue weighted by Gasteiger charge is 2.23. The lowest BCUT2D eigenvalue weighted by Crippen LogP contribution is -2.33. The number of nitrogens with zero attached hydrogens (tertiary/aromatic N) is 3. The third-order valence-electron chi connectivity index (χ3n) is 5.81. The molecule has 0 unspecified atom stereocenters. The number of hydrogen-bond donors (Lipinski definition) is 0. The fraction of sp³-hybridized carbons (Fsp3) is 0.286. The lowest BCUT2D eigenvalue weighted by Gasteiger charge is -2.21. The molecule has 0 aliphatic carbocycles. The van der Waals surface area contributed by atoms with Crippen molar-refractivity contribution in [1.82, 2.24) is 9.88 Å². The lowest BCUT2D eigenvalue weighted by atomic mass is 10.0. The standard InChI is InChI=1S/C28H31N3O3S.ClH/c1-30(2)17-8-18-31(28-29-25-23(33-3)15-16-24(34-4)26(25)35-28)27(32)22-13-11-21(12-14-22)19-20-9-6-5-7-10-20;/h5-7,9-16H,8,17-19H2,1-4H3;1H. The van der Waals surface area contributed by atoms with Gasteiger partial charge in [0.1, 0.15) is 21.7 Å². The first kappa shape index (κ1) is 27.5. The number of aromatic nitrogens is 1. The number of amides is 1. The Morgan fingerprint density at radius 3 is 2.14 bits per heavy atom. The van der Waals surface area contributed by atoms with Crippen molar-refractivity contribution in [3.8, 4) is 11.5 Å². The van der Waals surface area contributed by atoms with E-state index in [9.17, 15) is 4.79 Å². The Morgan fingerprint density at radius 1 is 0.861 bits per heavy atom. The summed E-state index contributed by atoms with van der Waals surface area (Å²) in [5.41, 5.74) is 3.76. The molecule has 4 aromatic rings. The molecule has 3 aromatic carbocycles. The van der Waals surface area contributed by atoms with Crippen LogP contribution in [0.5, 0.6) is 11.5 Å². The highest BCUT2D eigenvalue weighted by atomic mass is 35.5. The molecule has 4 rings (SSSR count). The Labute approximate surface area is 222 Å². The summed E-state index contributed by atoms with van der Waals surface area (Å²) in [6, 6.07) is 21.9. The maximum Gasteiger partial charge on any atom is 0.260 e. The number of methoxy groups -OCH3 is 2. The van der Waals surface area contributed by atoms with Crippen LogP contribution in [0, 0.1) is 0 Å². The van der Waals surface area contributed by atoms with Crippen LogP contribution in [0.4, 0.5) is 5.13 Å². The van der Waals surface area contributed by atoms with Crippen molar-refractivity contribution in [1.29, 1.82) is 0 Å². The summed E-state index contributed by atoms with van der Waals surface area (Å²) in [5.74, 6) is 1.32. The Morgan fingerprint density at radius 2 is 1.50 bits per heavy atom. The van der Waals surface area contributed by atoms with Gasteiger partial charge in [-0.1, -0.05) is 53.8 Å². The van der Waals surface area contributed by atoms with E-state index in [1.165, 1.54) is 22.5 Å². The molecule has 190 valence electrons. The molecule has 36 heavy (non-hydrogen) atoms. The number of carbonyl (C=O) groups is 1. The van der Waals surface area contributed by atoms with Gasteiger partial charge in [-0.05, 0) is 68.9 Å². The van der Waals surface area contributed by atoms with E-state index in [4.69, 9.17) is 14.5 Å². The number of benzene rings is 3. The van der Waals surface area contributed by atoms with Gasteiger partial charge in [-0.3, -0.25) is 9.69 Å². The molecule has 0 fully saturated rings. The smallest absolute Gasteiger partial charge is 0.260 e. The van der Waals surface area contributed by atoms with Gasteiger partial charge < -0.3 is 14.4 Å². The van der Waals surface area contributed by atoms with E-state index < -0.39 is 0 Å². The zero-order valence-electron chi connectivity index (χ0n) is 21.1. The minimum absolute atomic E-state index is 0. The predicted molar refractivity (Wildman–Crippen MR) is 151 cm³/mol. The summed E-state index contributed by atoms with van der Waals surface area (Å²) in [4.78, 5) is 22.4. The number of halogens is 1. The molecular formula is C28H32ClN3O3S. The summed E-state index contributed by atoms with van der Waals surface area (Å²) in [6.07, 6.45) is 1.66. The molecule has 0 saturated heterocycles. The Hall–Kier alpha value is -3.13. The van der Waals surface area contributed by atoms with Crippen LogP contribution in [0.2, 0.25) is 0 Å². The van der Waals surface area contributed by atoms with Crippen molar-refractivity contribution in [2.75, 3.05) is 46.3 Å². The second-order valence-electron chi connectivity index (χ2n) is 8.62. The first-order valence-electron chi connectivity index (χ1n) is 11.6. The number of thiazole rings is 1. The van der Waals surface area contributed by atoms with Gasteiger partial charge in [0.15, 0.2) is 5.13 Å². The van der Waals surface area contributed by atoms with E-state index in [0.29, 0.717) is 28.5 Å². The predicted octanol–water partition coefficient (Wildman–Crippen LogP) is 5.92. The van der Waals surface area contributed by atoms with E-state index in [2.05, 4.69) is 17.0 Å². The van der Waals surface area contributed by atoms with Crippen LogP contribution in [-0.4, -0.2) is 57.2 Å². The van der Waals surface area contributed by atoms with Crippen LogP contribution in [-0.2, 0) is 6.42 Å². The normalized spacial score (nSPS) is 10.8. The summed E-state index contributed by atoms with van der Waals surface area (Å²) in [7, 11) is 7.32. The number of ether oxygens (including phenoxy) is 2. The molecule has 8 heteroatoms. The van der Waals surface area contributed by atoms with Gasteiger partial charge in [0.2, 0.25) is 0 Å². The number of rotatable bonds is 10. The van der Waals surface area contributed by atoms with E-state index >= 15 is 0 Å². The fourth-order valence-corrected chi connectivity index (χ4v) is 5.07. The zero-order valence-corrected chi connectivity index (χ0v) is 22.7. The molecule has 0 spiro atoms. The van der Waals surface area contributed by atoms with Gasteiger partial charge in [0.05, 0.1) is 14.2 Å². The molecule has 1 aromatic heterocycles. The maximum atomic E-state index is 13.7. The van der Waals surface area contributed by atoms with E-state index in [0.717, 1.165) is 29.8 Å². The number of fused-ring (bicyclic) bond motifs is 1. The molecule has 1 heterocycles. The molecule has 0 saturated carbocycles. The first-order valence-corrected chi connectivity index (χ1v) is 12.4. The minimum atomic E-state index is -0.0630. The fourth-order valence-electron chi connectivity index (χ4n) is 3.97. The second-order valence-corrected chi connectivity index (χ2v) is 9.59. The van der Waals surface area contributed by atoms with E-state index in [1.54, 1.807) is 19.1 Å². The summed E-state index contributed by atoms with van der Waals surface area (Å²) < 4.78 is 11.9. The minimum Gasteiger partial charge on any atom is -0.495 e. The van der Waals surface area contributed by atoms with Crippen LogP contribution in [0.25, 0.3) is 10.2 Å². The third kappa shape index (κ3) is 6.35. The van der Waals surface area contributed by atoms with Crippen LogP contribution >= 0.6 is 23.7 Å². The van der Waals surface area contributed by atoms with Crippen LogP contribution in [0.1, 0.15) is 27.9 Å². The summed E-state index contributed by atoms with van der Waals surface area (Å²) in [6.45, 7) is 1.44. The van der Waals surface area contributed by atoms with Crippen molar-refractivity contribution >= 4 is 45.0 Å². The zero-order chi connectivity index (χ0) is 24.8. The Bertz CT molecular complexity index is 1240. The lowest BCUT2D eigenvalue weighted by molar-refractivity contribution is 0.0986. The molecule has 0 radical (unpaired) electrons. The summed E-state index contributed by atoms with van der Waals surface area (Å²) >= 11 is 1.45. The van der Waals surface area contributed by atoms with Gasteiger partial charge in [-0.2, -0.15) is 0 Å². The third-order valence-corrected chi connectivity index (χ3v) is 6.91. The molecule has 0 atom stereocenters. The van der Waals surface area contributed by atoms with E-state index in [1.807, 2.05) is 68.7 Å². The van der Waals surface area contributed by atoms with E-state index in [-0.39, 0.29) is 18.3 Å². The van der Waals surface area contributed by atoms with Crippen molar-refractivity contribution in [2.45, 2.75) is 12.8 Å². The molecule has 0 bridgehead atoms. The van der Waals surface area contributed by atoms with Crippen LogP contribution < -0.4 is 14.4 Å². The maximum absolute atomic E-state index is 13.7. The molecule has 0 aliphatic rings. The molecule has 0 aliphatic heterocycles. The topological polar surface area (TPSA) is 54.9 Å². The van der Waals surface area contributed by atoms with Gasteiger partial charge >= 0.3 is 0 Å². The first-order chi connectivity index (χ1) is 17.0. The number of anilines is 1. The average Bonchev–Trinajstić information content (AvgIpc) is 3.32. The number of hydrogen-bond acceptors (Lipinski definition) is 6. The average molecular weight is 526 g/mol. The van der Waals surface area contributed by atoms with Crippen molar-refractivity contribution in [3.05, 3.63) is 83.4 Å². The monoisotopic (exact) mass is 525 g/mol. The SMILES string of the molecule is COc1ccc(OC)c2sc(N(CCCN(C)C)C(=O)c3ccc(Cc4ccccc4)cc3)nc12.Cl. The van der Waals surface area contributed by atoms with Gasteiger partial charge in [-0.25, -0.2) is 4.98 Å². The van der Waals surface area contributed by atoms with Crippen molar-refractivity contribution in [2.24, 2.45) is 0 Å². The van der Waals surface area contributed by atoms with Gasteiger partial charge in [0.25, 0.3) is 5.91 Å². The molecule has 0 N–H and O–H groups in total. The molecule has 6 nitrogen and oxygen atoms in total.